The molecule has 3 heteroatoms. The Morgan fingerprint density at radius 1 is 1.15 bits per heavy atom. The topological polar surface area (TPSA) is 78.1 Å². The standard InChI is InChI=1S/C10H13N3/c11-6-2-1-3-8-4-5-9(12)10(13)7-8/h4-5,7H,2,6,11-13H2. The second-order valence-electron chi connectivity index (χ2n) is 2.68. The normalized spacial score (nSPS) is 9.00. The fraction of sp³-hybridized carbons (Fsp3) is 0.200. The molecule has 0 aliphatic heterocycles. The van der Waals surface area contributed by atoms with Gasteiger partial charge in [-0.15, -0.1) is 0 Å². The van der Waals surface area contributed by atoms with Gasteiger partial charge in [-0.05, 0) is 18.2 Å². The molecular formula is C10H13N3. The van der Waals surface area contributed by atoms with Gasteiger partial charge in [0, 0.05) is 18.5 Å². The van der Waals surface area contributed by atoms with Crippen molar-refractivity contribution in [3.63, 3.8) is 0 Å². The third-order valence-corrected chi connectivity index (χ3v) is 1.59. The van der Waals surface area contributed by atoms with Crippen molar-refractivity contribution in [2.24, 2.45) is 5.73 Å². The molecular weight excluding hydrogens is 162 g/mol. The highest BCUT2D eigenvalue weighted by Crippen LogP contribution is 2.14. The first-order valence-corrected chi connectivity index (χ1v) is 4.08. The summed E-state index contributed by atoms with van der Waals surface area (Å²) in [6.45, 7) is 0.581. The zero-order valence-corrected chi connectivity index (χ0v) is 7.38. The van der Waals surface area contributed by atoms with Crippen molar-refractivity contribution in [2.75, 3.05) is 18.0 Å². The lowest BCUT2D eigenvalue weighted by Gasteiger charge is -1.98. The van der Waals surface area contributed by atoms with Gasteiger partial charge in [0.1, 0.15) is 0 Å². The maximum atomic E-state index is 5.61. The lowest BCUT2D eigenvalue weighted by molar-refractivity contribution is 1.03. The third kappa shape index (κ3) is 2.69. The van der Waals surface area contributed by atoms with Gasteiger partial charge in [0.15, 0.2) is 0 Å². The number of nitrogens with two attached hydrogens (primary N) is 3. The molecule has 0 aliphatic carbocycles. The lowest BCUT2D eigenvalue weighted by atomic mass is 10.2. The Morgan fingerprint density at radius 2 is 1.92 bits per heavy atom. The van der Waals surface area contributed by atoms with Crippen LogP contribution in [0.25, 0.3) is 0 Å². The monoisotopic (exact) mass is 175 g/mol. The van der Waals surface area contributed by atoms with E-state index in [0.717, 1.165) is 5.56 Å². The average Bonchev–Trinajstić information content (AvgIpc) is 2.12. The Kier molecular flexibility index (Phi) is 3.18. The molecule has 0 fully saturated rings. The van der Waals surface area contributed by atoms with E-state index in [1.165, 1.54) is 0 Å². The predicted octanol–water partition coefficient (Wildman–Crippen LogP) is 0.551. The molecule has 0 aliphatic rings. The minimum Gasteiger partial charge on any atom is -0.397 e. The highest BCUT2D eigenvalue weighted by atomic mass is 14.7. The summed E-state index contributed by atoms with van der Waals surface area (Å²) in [5.74, 6) is 5.87. The third-order valence-electron chi connectivity index (χ3n) is 1.59. The lowest BCUT2D eigenvalue weighted by Crippen LogP contribution is -1.96. The summed E-state index contributed by atoms with van der Waals surface area (Å²) >= 11 is 0. The van der Waals surface area contributed by atoms with Crippen molar-refractivity contribution in [1.29, 1.82) is 0 Å². The molecule has 0 amide bonds. The van der Waals surface area contributed by atoms with Gasteiger partial charge < -0.3 is 17.2 Å². The Labute approximate surface area is 77.9 Å². The minimum atomic E-state index is 0.569. The van der Waals surface area contributed by atoms with Crippen LogP contribution in [-0.2, 0) is 0 Å². The molecule has 1 aromatic carbocycles. The zero-order chi connectivity index (χ0) is 9.68. The maximum Gasteiger partial charge on any atom is 0.0560 e. The average molecular weight is 175 g/mol. The summed E-state index contributed by atoms with van der Waals surface area (Å²) in [6.07, 6.45) is 0.699. The number of hydrogen-bond donors (Lipinski definition) is 3. The van der Waals surface area contributed by atoms with E-state index in [-0.39, 0.29) is 0 Å². The summed E-state index contributed by atoms with van der Waals surface area (Å²) in [4.78, 5) is 0. The summed E-state index contributed by atoms with van der Waals surface area (Å²) in [6, 6.07) is 5.36. The van der Waals surface area contributed by atoms with Crippen LogP contribution in [0.5, 0.6) is 0 Å². The van der Waals surface area contributed by atoms with Crippen LogP contribution in [0.2, 0.25) is 0 Å². The summed E-state index contributed by atoms with van der Waals surface area (Å²) in [5, 5.41) is 0. The van der Waals surface area contributed by atoms with E-state index < -0.39 is 0 Å². The van der Waals surface area contributed by atoms with Crippen LogP contribution >= 0.6 is 0 Å². The smallest absolute Gasteiger partial charge is 0.0560 e. The van der Waals surface area contributed by atoms with Gasteiger partial charge in [0.05, 0.1) is 11.4 Å². The Balaban J connectivity index is 2.81. The van der Waals surface area contributed by atoms with Gasteiger partial charge in [-0.3, -0.25) is 0 Å². The van der Waals surface area contributed by atoms with Gasteiger partial charge in [-0.2, -0.15) is 0 Å². The first-order chi connectivity index (χ1) is 6.24. The molecule has 1 aromatic rings. The number of rotatable bonds is 1. The zero-order valence-electron chi connectivity index (χ0n) is 7.38. The van der Waals surface area contributed by atoms with Gasteiger partial charge in [0.2, 0.25) is 0 Å². The first-order valence-electron chi connectivity index (χ1n) is 4.08. The van der Waals surface area contributed by atoms with Crippen molar-refractivity contribution in [2.45, 2.75) is 6.42 Å². The van der Waals surface area contributed by atoms with Crippen LogP contribution in [0.4, 0.5) is 11.4 Å². The van der Waals surface area contributed by atoms with Crippen LogP contribution in [0.1, 0.15) is 12.0 Å². The SMILES string of the molecule is NCCC#Cc1ccc(N)c(N)c1. The van der Waals surface area contributed by atoms with E-state index in [2.05, 4.69) is 11.8 Å². The first kappa shape index (κ1) is 9.43. The van der Waals surface area contributed by atoms with Crippen LogP contribution in [0.15, 0.2) is 18.2 Å². The molecule has 0 radical (unpaired) electrons. The van der Waals surface area contributed by atoms with E-state index in [1.54, 1.807) is 12.1 Å². The van der Waals surface area contributed by atoms with Crippen molar-refractivity contribution >= 4 is 11.4 Å². The molecule has 3 nitrogen and oxygen atoms in total. The maximum absolute atomic E-state index is 5.61. The Bertz CT molecular complexity index is 347. The molecule has 0 unspecified atom stereocenters. The van der Waals surface area contributed by atoms with Crippen LogP contribution in [0.3, 0.4) is 0 Å². The Morgan fingerprint density at radius 3 is 2.54 bits per heavy atom. The largest absolute Gasteiger partial charge is 0.397 e. The fourth-order valence-corrected chi connectivity index (χ4v) is 0.889. The van der Waals surface area contributed by atoms with Gasteiger partial charge >= 0.3 is 0 Å². The molecule has 0 spiro atoms. The van der Waals surface area contributed by atoms with Crippen LogP contribution in [0, 0.1) is 11.8 Å². The molecule has 1 rings (SSSR count). The highest BCUT2D eigenvalue weighted by molar-refractivity contribution is 5.65. The number of hydrogen-bond acceptors (Lipinski definition) is 3. The second kappa shape index (κ2) is 4.39. The molecule has 0 heterocycles. The molecule has 0 saturated heterocycles. The van der Waals surface area contributed by atoms with E-state index in [0.29, 0.717) is 24.3 Å². The molecule has 68 valence electrons. The summed E-state index contributed by atoms with van der Waals surface area (Å²) in [7, 11) is 0. The van der Waals surface area contributed by atoms with Gasteiger partial charge in [0.25, 0.3) is 0 Å². The van der Waals surface area contributed by atoms with E-state index in [9.17, 15) is 0 Å². The van der Waals surface area contributed by atoms with Gasteiger partial charge in [-0.25, -0.2) is 0 Å². The molecule has 0 bridgehead atoms. The molecule has 6 N–H and O–H groups in total. The Hall–Kier alpha value is -1.66. The van der Waals surface area contributed by atoms with E-state index in [1.807, 2.05) is 6.07 Å². The number of nitrogen functional groups attached to an aromatic ring is 2. The number of anilines is 2. The van der Waals surface area contributed by atoms with E-state index >= 15 is 0 Å². The fourth-order valence-electron chi connectivity index (χ4n) is 0.889. The van der Waals surface area contributed by atoms with Crippen molar-refractivity contribution in [1.82, 2.24) is 0 Å². The molecule has 13 heavy (non-hydrogen) atoms. The minimum absolute atomic E-state index is 0.569. The van der Waals surface area contributed by atoms with Crippen LogP contribution in [-0.4, -0.2) is 6.54 Å². The van der Waals surface area contributed by atoms with Gasteiger partial charge in [-0.1, -0.05) is 11.8 Å². The quantitative estimate of drug-likeness (QED) is 0.431. The highest BCUT2D eigenvalue weighted by Gasteiger charge is 1.93. The summed E-state index contributed by atoms with van der Waals surface area (Å²) < 4.78 is 0. The van der Waals surface area contributed by atoms with Crippen LogP contribution < -0.4 is 17.2 Å². The van der Waals surface area contributed by atoms with Crippen molar-refractivity contribution in [3.05, 3.63) is 23.8 Å². The molecule has 0 saturated carbocycles. The van der Waals surface area contributed by atoms with Crippen molar-refractivity contribution < 1.29 is 0 Å². The molecule has 0 aromatic heterocycles. The van der Waals surface area contributed by atoms with Crippen molar-refractivity contribution in [3.8, 4) is 11.8 Å². The number of benzene rings is 1. The van der Waals surface area contributed by atoms with E-state index in [4.69, 9.17) is 17.2 Å². The second-order valence-corrected chi connectivity index (χ2v) is 2.68. The predicted molar refractivity (Wildman–Crippen MR) is 55.8 cm³/mol. The molecule has 0 atom stereocenters. The summed E-state index contributed by atoms with van der Waals surface area (Å²) in [5.41, 5.74) is 18.5.